The minimum Gasteiger partial charge on any atom is -0.497 e. The number of methoxy groups -OCH3 is 1. The predicted octanol–water partition coefficient (Wildman–Crippen LogP) is 7.45. The molecule has 5 heteroatoms. The Morgan fingerprint density at radius 3 is 2.40 bits per heavy atom. The molecule has 3 aromatic rings. The van der Waals surface area contributed by atoms with Crippen molar-refractivity contribution in [1.29, 1.82) is 0 Å². The standard InChI is InChI=1S/C30H38N2O3/c1-3-4-5-6-7-8-9-10-19-31-30-28(18-13-20-32-30)29(33)25-15-12-17-27(22-25)35-23-24-14-11-16-26(21-24)34-2/h11-18,20-22H,3-10,19,23H2,1-2H3,(H,31,32). The second-order valence-electron chi connectivity index (χ2n) is 8.80. The van der Waals surface area contributed by atoms with Gasteiger partial charge in [0.1, 0.15) is 23.9 Å². The Balaban J connectivity index is 1.53. The van der Waals surface area contributed by atoms with Crippen molar-refractivity contribution < 1.29 is 14.3 Å². The number of nitrogens with zero attached hydrogens (tertiary/aromatic N) is 1. The van der Waals surface area contributed by atoms with Gasteiger partial charge in [-0.05, 0) is 48.4 Å². The molecule has 0 bridgehead atoms. The van der Waals surface area contributed by atoms with Crippen LogP contribution in [-0.2, 0) is 6.61 Å². The summed E-state index contributed by atoms with van der Waals surface area (Å²) in [4.78, 5) is 17.7. The van der Waals surface area contributed by atoms with Gasteiger partial charge in [-0.1, -0.05) is 76.1 Å². The van der Waals surface area contributed by atoms with E-state index in [4.69, 9.17) is 9.47 Å². The average molecular weight is 475 g/mol. The van der Waals surface area contributed by atoms with Gasteiger partial charge in [0.05, 0.1) is 12.7 Å². The van der Waals surface area contributed by atoms with Crippen LogP contribution in [-0.4, -0.2) is 24.4 Å². The number of carbonyl (C=O) groups is 1. The minimum absolute atomic E-state index is 0.0663. The zero-order valence-electron chi connectivity index (χ0n) is 21.1. The maximum Gasteiger partial charge on any atom is 0.196 e. The van der Waals surface area contributed by atoms with E-state index in [0.29, 0.717) is 29.3 Å². The number of hydrogen-bond donors (Lipinski definition) is 1. The number of aromatic nitrogens is 1. The van der Waals surface area contributed by atoms with Gasteiger partial charge in [-0.15, -0.1) is 0 Å². The number of hydrogen-bond acceptors (Lipinski definition) is 5. The zero-order chi connectivity index (χ0) is 24.7. The van der Waals surface area contributed by atoms with Crippen molar-refractivity contribution in [3.8, 4) is 11.5 Å². The minimum atomic E-state index is -0.0663. The van der Waals surface area contributed by atoms with Crippen LogP contribution in [0.2, 0.25) is 0 Å². The van der Waals surface area contributed by atoms with Gasteiger partial charge in [0.25, 0.3) is 0 Å². The van der Waals surface area contributed by atoms with Crippen molar-refractivity contribution >= 4 is 11.6 Å². The van der Waals surface area contributed by atoms with Crippen molar-refractivity contribution in [1.82, 2.24) is 4.98 Å². The number of pyridine rings is 1. The van der Waals surface area contributed by atoms with E-state index in [1.165, 1.54) is 44.9 Å². The molecule has 0 aliphatic rings. The summed E-state index contributed by atoms with van der Waals surface area (Å²) in [6, 6.07) is 18.7. The molecule has 2 aromatic carbocycles. The van der Waals surface area contributed by atoms with E-state index in [2.05, 4.69) is 17.2 Å². The molecule has 0 aliphatic carbocycles. The molecule has 0 radical (unpaired) electrons. The fourth-order valence-electron chi connectivity index (χ4n) is 4.01. The number of rotatable bonds is 16. The summed E-state index contributed by atoms with van der Waals surface area (Å²) >= 11 is 0. The highest BCUT2D eigenvalue weighted by molar-refractivity contribution is 6.12. The molecule has 0 saturated heterocycles. The van der Waals surface area contributed by atoms with Gasteiger partial charge in [0, 0.05) is 18.3 Å². The van der Waals surface area contributed by atoms with Gasteiger partial charge in [0.15, 0.2) is 5.78 Å². The van der Waals surface area contributed by atoms with E-state index in [0.717, 1.165) is 24.3 Å². The lowest BCUT2D eigenvalue weighted by atomic mass is 10.0. The Bertz CT molecular complexity index is 1050. The summed E-state index contributed by atoms with van der Waals surface area (Å²) in [5, 5.41) is 3.37. The molecule has 35 heavy (non-hydrogen) atoms. The van der Waals surface area contributed by atoms with Crippen molar-refractivity contribution in [2.75, 3.05) is 19.0 Å². The first kappa shape index (κ1) is 26.3. The maximum absolute atomic E-state index is 13.3. The fraction of sp³-hybridized carbons (Fsp3) is 0.400. The molecular weight excluding hydrogens is 436 g/mol. The van der Waals surface area contributed by atoms with E-state index in [1.807, 2.05) is 48.5 Å². The molecule has 1 aromatic heterocycles. The molecule has 1 N–H and O–H groups in total. The van der Waals surface area contributed by atoms with Crippen LogP contribution in [0.3, 0.4) is 0 Å². The Kier molecular flexibility index (Phi) is 11.1. The molecule has 0 saturated carbocycles. The van der Waals surface area contributed by atoms with E-state index >= 15 is 0 Å². The van der Waals surface area contributed by atoms with Gasteiger partial charge in [-0.2, -0.15) is 0 Å². The average Bonchev–Trinajstić information content (AvgIpc) is 2.91. The normalized spacial score (nSPS) is 10.7. The number of ether oxygens (including phenoxy) is 2. The molecule has 3 rings (SSSR count). The van der Waals surface area contributed by atoms with Crippen LogP contribution in [0.5, 0.6) is 11.5 Å². The maximum atomic E-state index is 13.3. The van der Waals surface area contributed by atoms with Crippen LogP contribution in [0.15, 0.2) is 66.9 Å². The third-order valence-corrected chi connectivity index (χ3v) is 6.01. The second kappa shape index (κ2) is 14.8. The molecule has 0 spiro atoms. The molecule has 186 valence electrons. The van der Waals surface area contributed by atoms with Gasteiger partial charge < -0.3 is 14.8 Å². The third-order valence-electron chi connectivity index (χ3n) is 6.01. The molecule has 0 atom stereocenters. The molecule has 5 nitrogen and oxygen atoms in total. The first-order valence-corrected chi connectivity index (χ1v) is 12.8. The number of carbonyl (C=O) groups excluding carboxylic acids is 1. The summed E-state index contributed by atoms with van der Waals surface area (Å²) < 4.78 is 11.2. The van der Waals surface area contributed by atoms with Crippen molar-refractivity contribution in [2.24, 2.45) is 0 Å². The van der Waals surface area contributed by atoms with E-state index in [-0.39, 0.29) is 5.78 Å². The van der Waals surface area contributed by atoms with Crippen LogP contribution in [0.1, 0.15) is 79.8 Å². The van der Waals surface area contributed by atoms with Gasteiger partial charge >= 0.3 is 0 Å². The zero-order valence-corrected chi connectivity index (χ0v) is 21.1. The molecule has 1 heterocycles. The van der Waals surface area contributed by atoms with Crippen LogP contribution in [0.25, 0.3) is 0 Å². The number of unbranched alkanes of at least 4 members (excludes halogenated alkanes) is 7. The lowest BCUT2D eigenvalue weighted by molar-refractivity contribution is 0.103. The Morgan fingerprint density at radius 2 is 1.60 bits per heavy atom. The SMILES string of the molecule is CCCCCCCCCCNc1ncccc1C(=O)c1cccc(OCc2cccc(OC)c2)c1. The summed E-state index contributed by atoms with van der Waals surface area (Å²) in [5.74, 6) is 2.01. The predicted molar refractivity (Wildman–Crippen MR) is 143 cm³/mol. The fourth-order valence-corrected chi connectivity index (χ4v) is 4.01. The number of benzene rings is 2. The Morgan fingerprint density at radius 1 is 0.857 bits per heavy atom. The van der Waals surface area contributed by atoms with E-state index < -0.39 is 0 Å². The monoisotopic (exact) mass is 474 g/mol. The second-order valence-corrected chi connectivity index (χ2v) is 8.80. The summed E-state index contributed by atoms with van der Waals surface area (Å²) in [6.45, 7) is 3.46. The lowest BCUT2D eigenvalue weighted by Crippen LogP contribution is -2.11. The number of nitrogens with one attached hydrogen (secondary N) is 1. The molecule has 0 amide bonds. The summed E-state index contributed by atoms with van der Waals surface area (Å²) in [6.07, 6.45) is 11.9. The van der Waals surface area contributed by atoms with Crippen molar-refractivity contribution in [3.63, 3.8) is 0 Å². The Labute approximate surface area is 209 Å². The highest BCUT2D eigenvalue weighted by Gasteiger charge is 2.15. The number of anilines is 1. The summed E-state index contributed by atoms with van der Waals surface area (Å²) in [5.41, 5.74) is 2.16. The van der Waals surface area contributed by atoms with Gasteiger partial charge in [0.2, 0.25) is 0 Å². The number of ketones is 1. The van der Waals surface area contributed by atoms with E-state index in [9.17, 15) is 4.79 Å². The van der Waals surface area contributed by atoms with Crippen molar-refractivity contribution in [3.05, 3.63) is 83.6 Å². The molecule has 0 fully saturated rings. The molecule has 0 aliphatic heterocycles. The third kappa shape index (κ3) is 8.75. The largest absolute Gasteiger partial charge is 0.497 e. The van der Waals surface area contributed by atoms with Crippen LogP contribution >= 0.6 is 0 Å². The topological polar surface area (TPSA) is 60.5 Å². The van der Waals surface area contributed by atoms with Gasteiger partial charge in [-0.3, -0.25) is 4.79 Å². The van der Waals surface area contributed by atoms with Crippen LogP contribution in [0.4, 0.5) is 5.82 Å². The highest BCUT2D eigenvalue weighted by atomic mass is 16.5. The summed E-state index contributed by atoms with van der Waals surface area (Å²) in [7, 11) is 1.65. The smallest absolute Gasteiger partial charge is 0.196 e. The first-order chi connectivity index (χ1) is 17.2. The first-order valence-electron chi connectivity index (χ1n) is 12.8. The molecule has 0 unspecified atom stereocenters. The van der Waals surface area contributed by atoms with Gasteiger partial charge in [-0.25, -0.2) is 4.98 Å². The van der Waals surface area contributed by atoms with Crippen molar-refractivity contribution in [2.45, 2.75) is 64.9 Å². The quantitative estimate of drug-likeness (QED) is 0.172. The van der Waals surface area contributed by atoms with Crippen LogP contribution in [0, 0.1) is 0 Å². The highest BCUT2D eigenvalue weighted by Crippen LogP contribution is 2.22. The Hall–Kier alpha value is -3.34. The van der Waals surface area contributed by atoms with E-state index in [1.54, 1.807) is 25.4 Å². The lowest BCUT2D eigenvalue weighted by Gasteiger charge is -2.12. The van der Waals surface area contributed by atoms with Crippen LogP contribution < -0.4 is 14.8 Å². The molecular formula is C30H38N2O3.